The number of nitrogens with zero attached hydrogens (tertiary/aromatic N) is 1. The minimum Gasteiger partial charge on any atom is -0.508 e. The Morgan fingerprint density at radius 3 is 2.44 bits per heavy atom. The minimum absolute atomic E-state index is 0.000984. The van der Waals surface area contributed by atoms with E-state index in [1.807, 2.05) is 13.0 Å². The van der Waals surface area contributed by atoms with Gasteiger partial charge < -0.3 is 19.8 Å². The van der Waals surface area contributed by atoms with Gasteiger partial charge in [-0.05, 0) is 47.2 Å². The lowest BCUT2D eigenvalue weighted by atomic mass is 9.85. The number of aromatic hydroxyl groups is 1. The Labute approximate surface area is 189 Å². The molecular formula is C26H31NO5. The molecule has 1 aliphatic rings. The normalized spacial score (nSPS) is 18.3. The van der Waals surface area contributed by atoms with E-state index in [0.29, 0.717) is 29.8 Å². The largest absolute Gasteiger partial charge is 0.508 e. The van der Waals surface area contributed by atoms with E-state index in [-0.39, 0.29) is 22.5 Å². The van der Waals surface area contributed by atoms with E-state index < -0.39 is 17.7 Å². The predicted molar refractivity (Wildman–Crippen MR) is 124 cm³/mol. The van der Waals surface area contributed by atoms with Crippen LogP contribution < -0.4 is 4.74 Å². The van der Waals surface area contributed by atoms with Crippen molar-refractivity contribution in [1.29, 1.82) is 0 Å². The van der Waals surface area contributed by atoms with Crippen molar-refractivity contribution in [3.05, 3.63) is 64.7 Å². The van der Waals surface area contributed by atoms with E-state index >= 15 is 0 Å². The van der Waals surface area contributed by atoms with Crippen LogP contribution >= 0.6 is 0 Å². The van der Waals surface area contributed by atoms with E-state index in [9.17, 15) is 19.8 Å². The zero-order valence-electron chi connectivity index (χ0n) is 19.3. The van der Waals surface area contributed by atoms with E-state index in [0.717, 1.165) is 12.0 Å². The number of benzene rings is 2. The number of carbonyl (C=O) groups is 2. The zero-order valence-corrected chi connectivity index (χ0v) is 19.3. The van der Waals surface area contributed by atoms with Crippen molar-refractivity contribution in [3.8, 4) is 11.5 Å². The molecule has 0 radical (unpaired) electrons. The molecule has 6 heteroatoms. The summed E-state index contributed by atoms with van der Waals surface area (Å²) in [5.41, 5.74) is 1.68. The Balaban J connectivity index is 2.26. The van der Waals surface area contributed by atoms with Crippen molar-refractivity contribution in [2.24, 2.45) is 0 Å². The highest BCUT2D eigenvalue weighted by Gasteiger charge is 2.46. The Morgan fingerprint density at radius 2 is 1.84 bits per heavy atom. The number of carbonyl (C=O) groups excluding carboxylic acids is 2. The standard InChI is InChI=1S/C26H31NO5/c1-6-7-13-27-22(16-9-8-10-18(28)14-16)21(24(30)25(27)31)23(29)19-15-17(26(2,3)4)11-12-20(19)32-5/h8-12,14-15,22,28-29H,6-7,13H2,1-5H3/b23-21+. The summed E-state index contributed by atoms with van der Waals surface area (Å²) in [6.07, 6.45) is 1.56. The van der Waals surface area contributed by atoms with Crippen LogP contribution in [-0.2, 0) is 15.0 Å². The molecule has 1 saturated heterocycles. The number of unbranched alkanes of at least 4 members (excludes halogenated alkanes) is 1. The topological polar surface area (TPSA) is 87.1 Å². The first kappa shape index (κ1) is 23.4. The highest BCUT2D eigenvalue weighted by Crippen LogP contribution is 2.42. The number of hydrogen-bond acceptors (Lipinski definition) is 5. The summed E-state index contributed by atoms with van der Waals surface area (Å²) in [6, 6.07) is 11.1. The van der Waals surface area contributed by atoms with Crippen LogP contribution in [0.4, 0.5) is 0 Å². The highest BCUT2D eigenvalue weighted by molar-refractivity contribution is 6.46. The number of phenolic OH excluding ortho intramolecular Hbond substituents is 1. The number of ether oxygens (including phenoxy) is 1. The maximum absolute atomic E-state index is 13.1. The van der Waals surface area contributed by atoms with E-state index in [4.69, 9.17) is 4.74 Å². The third-order valence-corrected chi connectivity index (χ3v) is 5.80. The third-order valence-electron chi connectivity index (χ3n) is 5.80. The number of amides is 1. The number of ketones is 1. The lowest BCUT2D eigenvalue weighted by Crippen LogP contribution is -2.30. The predicted octanol–water partition coefficient (Wildman–Crippen LogP) is 4.92. The van der Waals surface area contributed by atoms with Gasteiger partial charge in [-0.15, -0.1) is 0 Å². The number of Topliss-reactive ketones (excluding diaryl/α,β-unsaturated/α-hetero) is 1. The molecule has 32 heavy (non-hydrogen) atoms. The third kappa shape index (κ3) is 4.35. The van der Waals surface area contributed by atoms with Crippen molar-refractivity contribution in [2.45, 2.75) is 52.0 Å². The molecule has 1 heterocycles. The molecule has 1 amide bonds. The fourth-order valence-corrected chi connectivity index (χ4v) is 3.99. The molecule has 0 saturated carbocycles. The van der Waals surface area contributed by atoms with Crippen molar-refractivity contribution in [1.82, 2.24) is 4.90 Å². The number of hydrogen-bond donors (Lipinski definition) is 2. The number of likely N-dealkylation sites (tertiary alicyclic amines) is 1. The first-order valence-corrected chi connectivity index (χ1v) is 10.9. The molecule has 0 aliphatic carbocycles. The minimum atomic E-state index is -0.795. The second-order valence-corrected chi connectivity index (χ2v) is 9.11. The molecule has 0 aromatic heterocycles. The lowest BCUT2D eigenvalue weighted by Gasteiger charge is -2.26. The smallest absolute Gasteiger partial charge is 0.295 e. The number of rotatable bonds is 6. The van der Waals surface area contributed by atoms with Gasteiger partial charge in [0.05, 0.1) is 24.3 Å². The van der Waals surface area contributed by atoms with Gasteiger partial charge in [-0.25, -0.2) is 0 Å². The summed E-state index contributed by atoms with van der Waals surface area (Å²) in [4.78, 5) is 27.6. The fourth-order valence-electron chi connectivity index (χ4n) is 3.99. The van der Waals surface area contributed by atoms with Crippen LogP contribution in [0.25, 0.3) is 5.76 Å². The maximum Gasteiger partial charge on any atom is 0.295 e. The highest BCUT2D eigenvalue weighted by atomic mass is 16.5. The second kappa shape index (κ2) is 9.07. The summed E-state index contributed by atoms with van der Waals surface area (Å²) in [5.74, 6) is -1.24. The number of aliphatic hydroxyl groups is 1. The summed E-state index contributed by atoms with van der Waals surface area (Å²) in [6.45, 7) is 8.53. The van der Waals surface area contributed by atoms with E-state index in [1.165, 1.54) is 24.1 Å². The number of methoxy groups -OCH3 is 1. The average molecular weight is 438 g/mol. The van der Waals surface area contributed by atoms with E-state index in [1.54, 1.807) is 24.3 Å². The van der Waals surface area contributed by atoms with Crippen LogP contribution in [0.15, 0.2) is 48.0 Å². The van der Waals surface area contributed by atoms with Crippen molar-refractivity contribution in [2.75, 3.05) is 13.7 Å². The second-order valence-electron chi connectivity index (χ2n) is 9.11. The van der Waals surface area contributed by atoms with Gasteiger partial charge in [-0.3, -0.25) is 9.59 Å². The Bertz CT molecular complexity index is 1060. The molecule has 1 aliphatic heterocycles. The van der Waals surface area contributed by atoms with Crippen LogP contribution in [0, 0.1) is 0 Å². The summed E-state index contributed by atoms with van der Waals surface area (Å²) in [7, 11) is 1.50. The molecule has 0 bridgehead atoms. The summed E-state index contributed by atoms with van der Waals surface area (Å²) < 4.78 is 5.46. The molecule has 1 fully saturated rings. The quantitative estimate of drug-likeness (QED) is 0.381. The Morgan fingerprint density at radius 1 is 1.12 bits per heavy atom. The molecule has 6 nitrogen and oxygen atoms in total. The van der Waals surface area contributed by atoms with Gasteiger partial charge in [0.2, 0.25) is 0 Å². The zero-order chi connectivity index (χ0) is 23.6. The van der Waals surface area contributed by atoms with Crippen LogP contribution in [0.3, 0.4) is 0 Å². The molecule has 2 aromatic rings. The van der Waals surface area contributed by atoms with Crippen molar-refractivity contribution in [3.63, 3.8) is 0 Å². The molecule has 2 N–H and O–H groups in total. The van der Waals surface area contributed by atoms with Gasteiger partial charge in [0, 0.05) is 6.54 Å². The van der Waals surface area contributed by atoms with Crippen LogP contribution in [0.1, 0.15) is 63.3 Å². The fraction of sp³-hybridized carbons (Fsp3) is 0.385. The van der Waals surface area contributed by atoms with Gasteiger partial charge in [0.15, 0.2) is 0 Å². The van der Waals surface area contributed by atoms with Crippen LogP contribution in [-0.4, -0.2) is 40.5 Å². The average Bonchev–Trinajstić information content (AvgIpc) is 3.00. The van der Waals surface area contributed by atoms with Gasteiger partial charge >= 0.3 is 0 Å². The first-order valence-electron chi connectivity index (χ1n) is 10.9. The summed E-state index contributed by atoms with van der Waals surface area (Å²) >= 11 is 0. The van der Waals surface area contributed by atoms with Crippen molar-refractivity contribution < 1.29 is 24.5 Å². The number of aliphatic hydroxyl groups excluding tert-OH is 1. The van der Waals surface area contributed by atoms with Gasteiger partial charge in [0.1, 0.15) is 17.3 Å². The molecular weight excluding hydrogens is 406 g/mol. The van der Waals surface area contributed by atoms with Crippen LogP contribution in [0.5, 0.6) is 11.5 Å². The monoisotopic (exact) mass is 437 g/mol. The van der Waals surface area contributed by atoms with Gasteiger partial charge in [0.25, 0.3) is 11.7 Å². The lowest BCUT2D eigenvalue weighted by molar-refractivity contribution is -0.139. The van der Waals surface area contributed by atoms with Gasteiger partial charge in [-0.1, -0.05) is 52.3 Å². The maximum atomic E-state index is 13.1. The molecule has 1 atom stereocenters. The molecule has 2 aromatic carbocycles. The number of phenols is 1. The van der Waals surface area contributed by atoms with Crippen molar-refractivity contribution >= 4 is 17.4 Å². The van der Waals surface area contributed by atoms with E-state index in [2.05, 4.69) is 20.8 Å². The SMILES string of the molecule is CCCCN1C(=O)C(=O)/C(=C(/O)c2cc(C(C)(C)C)ccc2OC)C1c1cccc(O)c1. The molecule has 3 rings (SSSR count). The molecule has 170 valence electrons. The molecule has 1 unspecified atom stereocenters. The Hall–Kier alpha value is -3.28. The first-order chi connectivity index (χ1) is 15.1. The summed E-state index contributed by atoms with van der Waals surface area (Å²) in [5, 5.41) is 21.4. The molecule has 0 spiro atoms. The Kier molecular flexibility index (Phi) is 6.63. The van der Waals surface area contributed by atoms with Crippen LogP contribution in [0.2, 0.25) is 0 Å². The van der Waals surface area contributed by atoms with Gasteiger partial charge in [-0.2, -0.15) is 0 Å².